The second-order valence-corrected chi connectivity index (χ2v) is 6.96. The smallest absolute Gasteiger partial charge is 0.253 e. The number of rotatable bonds is 5. The molecule has 130 valence electrons. The Kier molecular flexibility index (Phi) is 5.03. The van der Waals surface area contributed by atoms with Crippen LogP contribution in [0.25, 0.3) is 0 Å². The number of primary amides is 1. The molecule has 0 unspecified atom stereocenters. The molecule has 25 heavy (non-hydrogen) atoms. The molecule has 6 nitrogen and oxygen atoms in total. The second-order valence-electron chi connectivity index (χ2n) is 6.05. The molecule has 7 heteroatoms. The zero-order valence-corrected chi connectivity index (χ0v) is 15.1. The zero-order valence-electron chi connectivity index (χ0n) is 13.5. The van der Waals surface area contributed by atoms with Crippen molar-refractivity contribution in [2.75, 3.05) is 0 Å². The van der Waals surface area contributed by atoms with Crippen LogP contribution in [0.15, 0.2) is 47.1 Å². The summed E-state index contributed by atoms with van der Waals surface area (Å²) in [5.41, 5.74) is 4.90. The maximum Gasteiger partial charge on any atom is 0.253 e. The topological polar surface area (TPSA) is 94.3 Å². The van der Waals surface area contributed by atoms with Gasteiger partial charge in [0.2, 0.25) is 11.8 Å². The molecule has 1 aliphatic carbocycles. The molecule has 3 N–H and O–H groups in total. The number of carbonyl (C=O) groups is 2. The van der Waals surface area contributed by atoms with E-state index in [1.165, 1.54) is 6.20 Å². The Morgan fingerprint density at radius 1 is 1.12 bits per heavy atom. The number of nitrogens with one attached hydrogen (secondary N) is 1. The van der Waals surface area contributed by atoms with Crippen LogP contribution >= 0.6 is 15.9 Å². The Morgan fingerprint density at radius 3 is 2.36 bits per heavy atom. The molecule has 1 aromatic carbocycles. The summed E-state index contributed by atoms with van der Waals surface area (Å²) in [6, 6.07) is 10.6. The molecule has 0 spiro atoms. The molecule has 0 radical (unpaired) electrons. The number of hydrogen-bond acceptors (Lipinski definition) is 4. The van der Waals surface area contributed by atoms with Crippen molar-refractivity contribution in [2.24, 2.45) is 5.73 Å². The second kappa shape index (κ2) is 7.23. The lowest BCUT2D eigenvalue weighted by Crippen LogP contribution is -2.55. The lowest BCUT2D eigenvalue weighted by molar-refractivity contribution is -0.123. The predicted molar refractivity (Wildman–Crippen MR) is 96.3 cm³/mol. The number of aromatic nitrogens is 1. The van der Waals surface area contributed by atoms with E-state index in [0.29, 0.717) is 30.0 Å². The minimum absolute atomic E-state index is 0.357. The number of carbonyl (C=O) groups excluding carboxylic acids is 2. The van der Waals surface area contributed by atoms with Gasteiger partial charge in [0.15, 0.2) is 0 Å². The number of nitrogens with two attached hydrogens (primary N) is 1. The molecule has 1 fully saturated rings. The van der Waals surface area contributed by atoms with Gasteiger partial charge in [-0.25, -0.2) is 4.98 Å². The van der Waals surface area contributed by atoms with Gasteiger partial charge >= 0.3 is 0 Å². The van der Waals surface area contributed by atoms with Gasteiger partial charge in [-0.2, -0.15) is 0 Å². The molecule has 1 aromatic heterocycles. The maximum absolute atomic E-state index is 12.4. The summed E-state index contributed by atoms with van der Waals surface area (Å²) in [4.78, 5) is 28.3. The molecule has 0 atom stereocenters. The largest absolute Gasteiger partial charge is 0.439 e. The van der Waals surface area contributed by atoms with Crippen molar-refractivity contribution in [3.63, 3.8) is 0 Å². The van der Waals surface area contributed by atoms with E-state index >= 15 is 0 Å². The summed E-state index contributed by atoms with van der Waals surface area (Å²) in [5.74, 6) is 0.181. The SMILES string of the molecule is NC(=O)C1(NC(=O)c2ccc(Oc3ccc(Br)cc3)nc2)CCCC1. The molecule has 1 saturated carbocycles. The van der Waals surface area contributed by atoms with Crippen LogP contribution in [0.4, 0.5) is 0 Å². The van der Waals surface area contributed by atoms with Crippen molar-refractivity contribution >= 4 is 27.7 Å². The highest BCUT2D eigenvalue weighted by atomic mass is 79.9. The fourth-order valence-corrected chi connectivity index (χ4v) is 3.16. The maximum atomic E-state index is 12.4. The first-order valence-corrected chi connectivity index (χ1v) is 8.80. The van der Waals surface area contributed by atoms with Crippen molar-refractivity contribution in [2.45, 2.75) is 31.2 Å². The van der Waals surface area contributed by atoms with Gasteiger partial charge in [-0.1, -0.05) is 28.8 Å². The Morgan fingerprint density at radius 2 is 1.80 bits per heavy atom. The van der Waals surface area contributed by atoms with Crippen LogP contribution < -0.4 is 15.8 Å². The van der Waals surface area contributed by atoms with Crippen LogP contribution in [0, 0.1) is 0 Å². The number of hydrogen-bond donors (Lipinski definition) is 2. The summed E-state index contributed by atoms with van der Waals surface area (Å²) in [6.07, 6.45) is 4.33. The Hall–Kier alpha value is -2.41. The number of ether oxygens (including phenoxy) is 1. The molecule has 2 amide bonds. The van der Waals surface area contributed by atoms with Gasteiger partial charge in [0, 0.05) is 16.7 Å². The van der Waals surface area contributed by atoms with Gasteiger partial charge in [-0.15, -0.1) is 0 Å². The summed E-state index contributed by atoms with van der Waals surface area (Å²) >= 11 is 3.36. The summed E-state index contributed by atoms with van der Waals surface area (Å²) in [6.45, 7) is 0. The highest BCUT2D eigenvalue weighted by molar-refractivity contribution is 9.10. The van der Waals surface area contributed by atoms with E-state index in [9.17, 15) is 9.59 Å². The molecule has 1 aliphatic rings. The van der Waals surface area contributed by atoms with E-state index in [1.54, 1.807) is 12.1 Å². The van der Waals surface area contributed by atoms with Crippen molar-refractivity contribution in [1.29, 1.82) is 0 Å². The lowest BCUT2D eigenvalue weighted by atomic mass is 9.96. The van der Waals surface area contributed by atoms with Gasteiger partial charge in [0.1, 0.15) is 11.3 Å². The monoisotopic (exact) mass is 403 g/mol. The van der Waals surface area contributed by atoms with Crippen LogP contribution in [0.1, 0.15) is 36.0 Å². The van der Waals surface area contributed by atoms with Gasteiger partial charge in [-0.05, 0) is 43.2 Å². The quantitative estimate of drug-likeness (QED) is 0.801. The molecular formula is C18H18BrN3O3. The minimum atomic E-state index is -0.941. The van der Waals surface area contributed by atoms with E-state index in [0.717, 1.165) is 17.3 Å². The van der Waals surface area contributed by atoms with E-state index in [1.807, 2.05) is 24.3 Å². The normalized spacial score (nSPS) is 15.6. The standard InChI is InChI=1S/C18H18BrN3O3/c19-13-4-6-14(7-5-13)25-15-8-3-12(11-21-15)16(23)22-18(17(20)24)9-1-2-10-18/h3-8,11H,1-2,9-10H2,(H2,20,24)(H,22,23). The first-order chi connectivity index (χ1) is 12.0. The average Bonchev–Trinajstić information content (AvgIpc) is 3.07. The molecular weight excluding hydrogens is 386 g/mol. The van der Waals surface area contributed by atoms with Crippen LogP contribution in [-0.2, 0) is 4.79 Å². The number of benzene rings is 1. The van der Waals surface area contributed by atoms with Crippen LogP contribution in [0.2, 0.25) is 0 Å². The van der Waals surface area contributed by atoms with E-state index in [4.69, 9.17) is 10.5 Å². The molecule has 3 rings (SSSR count). The summed E-state index contributed by atoms with van der Waals surface area (Å²) < 4.78 is 6.58. The first-order valence-electron chi connectivity index (χ1n) is 8.00. The van der Waals surface area contributed by atoms with Gasteiger partial charge in [-0.3, -0.25) is 9.59 Å². The number of pyridine rings is 1. The summed E-state index contributed by atoms with van der Waals surface area (Å²) in [5, 5.41) is 2.78. The predicted octanol–water partition coefficient (Wildman–Crippen LogP) is 3.16. The number of halogens is 1. The third kappa shape index (κ3) is 3.99. The fraction of sp³-hybridized carbons (Fsp3) is 0.278. The third-order valence-electron chi connectivity index (χ3n) is 4.32. The lowest BCUT2D eigenvalue weighted by Gasteiger charge is -2.26. The molecule has 0 aliphatic heterocycles. The van der Waals surface area contributed by atoms with Crippen molar-refractivity contribution in [1.82, 2.24) is 10.3 Å². The third-order valence-corrected chi connectivity index (χ3v) is 4.84. The number of nitrogens with zero attached hydrogens (tertiary/aromatic N) is 1. The van der Waals surface area contributed by atoms with Crippen molar-refractivity contribution in [3.8, 4) is 11.6 Å². The van der Waals surface area contributed by atoms with Crippen molar-refractivity contribution < 1.29 is 14.3 Å². The Bertz CT molecular complexity index is 769. The highest BCUT2D eigenvalue weighted by Crippen LogP contribution is 2.30. The van der Waals surface area contributed by atoms with E-state index < -0.39 is 11.4 Å². The molecule has 1 heterocycles. The molecule has 2 aromatic rings. The zero-order chi connectivity index (χ0) is 17.9. The fourth-order valence-electron chi connectivity index (χ4n) is 2.90. The van der Waals surface area contributed by atoms with Crippen molar-refractivity contribution in [3.05, 3.63) is 52.6 Å². The average molecular weight is 404 g/mol. The summed E-state index contributed by atoms with van der Waals surface area (Å²) in [7, 11) is 0. The van der Waals surface area contributed by atoms with Gasteiger partial charge in [0.25, 0.3) is 5.91 Å². The Labute approximate surface area is 153 Å². The van der Waals surface area contributed by atoms with Crippen LogP contribution in [0.5, 0.6) is 11.6 Å². The highest BCUT2D eigenvalue weighted by Gasteiger charge is 2.41. The van der Waals surface area contributed by atoms with E-state index in [-0.39, 0.29) is 5.91 Å². The van der Waals surface area contributed by atoms with Gasteiger partial charge in [0.05, 0.1) is 5.56 Å². The molecule has 0 bridgehead atoms. The molecule has 0 saturated heterocycles. The first kappa shape index (κ1) is 17.4. The Balaban J connectivity index is 1.68. The minimum Gasteiger partial charge on any atom is -0.439 e. The van der Waals surface area contributed by atoms with E-state index in [2.05, 4.69) is 26.2 Å². The van der Waals surface area contributed by atoms with Crippen LogP contribution in [0.3, 0.4) is 0 Å². The number of amides is 2. The van der Waals surface area contributed by atoms with Crippen LogP contribution in [-0.4, -0.2) is 22.3 Å². The van der Waals surface area contributed by atoms with Gasteiger partial charge < -0.3 is 15.8 Å².